The number of sulfonamides is 1. The van der Waals surface area contributed by atoms with Gasteiger partial charge in [-0.3, -0.25) is 4.99 Å². The summed E-state index contributed by atoms with van der Waals surface area (Å²) in [6.45, 7) is 12.1. The molecule has 0 spiro atoms. The lowest BCUT2D eigenvalue weighted by Gasteiger charge is -2.36. The molecule has 2 rings (SSSR count). The van der Waals surface area contributed by atoms with E-state index in [1.807, 2.05) is 13.8 Å². The number of hydrogen-bond donors (Lipinski definition) is 1. The number of guanidine groups is 1. The van der Waals surface area contributed by atoms with Crippen LogP contribution in [0.2, 0.25) is 0 Å². The molecule has 2 aliphatic heterocycles. The number of hydrogen-bond acceptors (Lipinski definition) is 5. The molecule has 184 valence electrons. The van der Waals surface area contributed by atoms with Crippen molar-refractivity contribution in [3.05, 3.63) is 0 Å². The molecule has 0 aromatic carbocycles. The number of piperidine rings is 1. The maximum Gasteiger partial charge on any atom is 0.216 e. The van der Waals surface area contributed by atoms with Crippen LogP contribution >= 0.6 is 24.0 Å². The maximum atomic E-state index is 12.5. The molecular formula is C21H44IN5O3S. The zero-order chi connectivity index (χ0) is 22.0. The largest absolute Gasteiger partial charge is 0.378 e. The molecule has 8 nitrogen and oxygen atoms in total. The summed E-state index contributed by atoms with van der Waals surface area (Å²) in [6, 6.07) is 0.726. The second-order valence-electron chi connectivity index (χ2n) is 8.68. The molecule has 10 heteroatoms. The third kappa shape index (κ3) is 10.1. The monoisotopic (exact) mass is 573 g/mol. The van der Waals surface area contributed by atoms with Gasteiger partial charge in [0.25, 0.3) is 0 Å². The van der Waals surface area contributed by atoms with E-state index in [9.17, 15) is 8.42 Å². The first-order valence-electron chi connectivity index (χ1n) is 11.6. The Kier molecular flexibility index (Phi) is 13.8. The van der Waals surface area contributed by atoms with E-state index in [1.165, 1.54) is 38.8 Å². The molecule has 2 aliphatic rings. The van der Waals surface area contributed by atoms with Crippen molar-refractivity contribution in [1.29, 1.82) is 0 Å². The molecule has 0 bridgehead atoms. The van der Waals surface area contributed by atoms with Crippen molar-refractivity contribution >= 4 is 40.0 Å². The van der Waals surface area contributed by atoms with Gasteiger partial charge in [-0.15, -0.1) is 24.0 Å². The lowest BCUT2D eigenvalue weighted by atomic mass is 10.0. The van der Waals surface area contributed by atoms with Crippen molar-refractivity contribution in [2.24, 2.45) is 4.99 Å². The second-order valence-corrected chi connectivity index (χ2v) is 10.8. The van der Waals surface area contributed by atoms with E-state index in [-0.39, 0.29) is 42.4 Å². The van der Waals surface area contributed by atoms with E-state index < -0.39 is 10.0 Å². The molecule has 1 unspecified atom stereocenters. The number of nitrogens with one attached hydrogen (secondary N) is 1. The smallest absolute Gasteiger partial charge is 0.216 e. The van der Waals surface area contributed by atoms with E-state index in [4.69, 9.17) is 4.74 Å². The van der Waals surface area contributed by atoms with Crippen LogP contribution in [-0.2, 0) is 14.8 Å². The van der Waals surface area contributed by atoms with Crippen LogP contribution in [0.1, 0.15) is 52.9 Å². The normalized spacial score (nSPS) is 21.9. The third-order valence-electron chi connectivity index (χ3n) is 6.03. The van der Waals surface area contributed by atoms with Crippen LogP contribution in [0.4, 0.5) is 0 Å². The van der Waals surface area contributed by atoms with E-state index in [0.717, 1.165) is 25.0 Å². The number of piperazine rings is 1. The van der Waals surface area contributed by atoms with Gasteiger partial charge >= 0.3 is 0 Å². The Labute approximate surface area is 207 Å². The van der Waals surface area contributed by atoms with Gasteiger partial charge in [-0.1, -0.05) is 6.42 Å². The Hall–Kier alpha value is -0.170. The number of unbranched alkanes of at least 4 members (excludes halogenated alkanes) is 1. The van der Waals surface area contributed by atoms with Gasteiger partial charge in [0.05, 0.1) is 18.5 Å². The van der Waals surface area contributed by atoms with Crippen LogP contribution < -0.4 is 5.32 Å². The highest BCUT2D eigenvalue weighted by molar-refractivity contribution is 14.0. The predicted molar refractivity (Wildman–Crippen MR) is 139 cm³/mol. The fourth-order valence-corrected chi connectivity index (χ4v) is 5.44. The Bertz CT molecular complexity index is 625. The molecule has 2 saturated heterocycles. The summed E-state index contributed by atoms with van der Waals surface area (Å²) >= 11 is 0. The van der Waals surface area contributed by atoms with Gasteiger partial charge in [-0.2, -0.15) is 4.31 Å². The molecule has 31 heavy (non-hydrogen) atoms. The summed E-state index contributed by atoms with van der Waals surface area (Å²) in [5.74, 6) is 0.926. The molecule has 0 aliphatic carbocycles. The Morgan fingerprint density at radius 3 is 2.45 bits per heavy atom. The van der Waals surface area contributed by atoms with Gasteiger partial charge in [-0.05, 0) is 59.5 Å². The van der Waals surface area contributed by atoms with Gasteiger partial charge in [-0.25, -0.2) is 8.42 Å². The molecule has 0 radical (unpaired) electrons. The molecular weight excluding hydrogens is 529 g/mol. The van der Waals surface area contributed by atoms with Crippen LogP contribution in [0.3, 0.4) is 0 Å². The summed E-state index contributed by atoms with van der Waals surface area (Å²) in [5.41, 5.74) is 0. The maximum absolute atomic E-state index is 12.5. The number of nitrogens with zero attached hydrogens (tertiary/aromatic N) is 4. The lowest BCUT2D eigenvalue weighted by Crippen LogP contribution is -2.54. The Morgan fingerprint density at radius 2 is 1.84 bits per heavy atom. The summed E-state index contributed by atoms with van der Waals surface area (Å²) in [7, 11) is -1.46. The van der Waals surface area contributed by atoms with Crippen LogP contribution in [-0.4, -0.2) is 106 Å². The van der Waals surface area contributed by atoms with Crippen LogP contribution in [0.25, 0.3) is 0 Å². The highest BCUT2D eigenvalue weighted by atomic mass is 127. The molecule has 1 N–H and O–H groups in total. The average molecular weight is 574 g/mol. The summed E-state index contributed by atoms with van der Waals surface area (Å²) in [6.07, 6.45) is 6.40. The molecule has 0 aromatic heterocycles. The van der Waals surface area contributed by atoms with Gasteiger partial charge < -0.3 is 19.9 Å². The van der Waals surface area contributed by atoms with Crippen molar-refractivity contribution < 1.29 is 13.2 Å². The van der Waals surface area contributed by atoms with Crippen molar-refractivity contribution in [1.82, 2.24) is 19.4 Å². The molecule has 1 atom stereocenters. The number of ether oxygens (including phenoxy) is 1. The topological polar surface area (TPSA) is 77.5 Å². The van der Waals surface area contributed by atoms with Gasteiger partial charge in [0.2, 0.25) is 10.0 Å². The van der Waals surface area contributed by atoms with Crippen molar-refractivity contribution in [2.75, 3.05) is 65.2 Å². The van der Waals surface area contributed by atoms with Crippen LogP contribution in [0.5, 0.6) is 0 Å². The standard InChI is InChI=1S/C21H43N5O3S.HI/c1-19(2)29-17-18-30(27,28)26-15-13-25(14-16-26)21(22-4)23-10-6-8-12-24-11-7-5-9-20(24)3;/h19-20H,5-18H2,1-4H3,(H,22,23);1H. The highest BCUT2D eigenvalue weighted by Gasteiger charge is 2.28. The summed E-state index contributed by atoms with van der Waals surface area (Å²) in [5, 5.41) is 3.46. The highest BCUT2D eigenvalue weighted by Crippen LogP contribution is 2.16. The number of rotatable bonds is 10. The fraction of sp³-hybridized carbons (Fsp3) is 0.952. The fourth-order valence-electron chi connectivity index (χ4n) is 4.16. The number of likely N-dealkylation sites (tertiary alicyclic amines) is 1. The zero-order valence-corrected chi connectivity index (χ0v) is 23.0. The molecule has 2 fully saturated rings. The van der Waals surface area contributed by atoms with E-state index >= 15 is 0 Å². The quantitative estimate of drug-likeness (QED) is 0.187. The van der Waals surface area contributed by atoms with Crippen molar-refractivity contribution in [3.63, 3.8) is 0 Å². The molecule has 0 saturated carbocycles. The summed E-state index contributed by atoms with van der Waals surface area (Å²) in [4.78, 5) is 9.17. The van der Waals surface area contributed by atoms with Crippen LogP contribution in [0, 0.1) is 0 Å². The van der Waals surface area contributed by atoms with Crippen LogP contribution in [0.15, 0.2) is 4.99 Å². The SMILES string of the molecule is CN=C(NCCCCN1CCCCC1C)N1CCN(S(=O)(=O)CCOC(C)C)CC1.I. The van der Waals surface area contributed by atoms with Crippen molar-refractivity contribution in [2.45, 2.75) is 65.0 Å². The summed E-state index contributed by atoms with van der Waals surface area (Å²) < 4.78 is 32.0. The zero-order valence-electron chi connectivity index (χ0n) is 19.9. The second kappa shape index (κ2) is 14.9. The first-order valence-corrected chi connectivity index (χ1v) is 13.2. The molecule has 0 aromatic rings. The minimum absolute atomic E-state index is 0. The number of halogens is 1. The van der Waals surface area contributed by atoms with E-state index in [1.54, 1.807) is 11.4 Å². The Balaban J connectivity index is 0.00000480. The first kappa shape index (κ1) is 28.9. The third-order valence-corrected chi connectivity index (χ3v) is 7.87. The van der Waals surface area contributed by atoms with Gasteiger partial charge in [0.15, 0.2) is 5.96 Å². The minimum Gasteiger partial charge on any atom is -0.378 e. The van der Waals surface area contributed by atoms with Gasteiger partial charge in [0, 0.05) is 45.8 Å². The molecule has 0 amide bonds. The Morgan fingerprint density at radius 1 is 1.13 bits per heavy atom. The average Bonchev–Trinajstić information content (AvgIpc) is 2.71. The van der Waals surface area contributed by atoms with Crippen molar-refractivity contribution in [3.8, 4) is 0 Å². The first-order chi connectivity index (χ1) is 14.3. The lowest BCUT2D eigenvalue weighted by molar-refractivity contribution is 0.0904. The van der Waals surface area contributed by atoms with E-state index in [2.05, 4.69) is 27.0 Å². The minimum atomic E-state index is -3.26. The molecule has 2 heterocycles. The van der Waals surface area contributed by atoms with Gasteiger partial charge in [0.1, 0.15) is 0 Å². The predicted octanol–water partition coefficient (Wildman–Crippen LogP) is 2.21. The van der Waals surface area contributed by atoms with E-state index in [0.29, 0.717) is 26.2 Å². The number of aliphatic imine (C=N–C) groups is 1.